The molecule has 0 bridgehead atoms. The Hall–Kier alpha value is -1.65. The van der Waals surface area contributed by atoms with Crippen LogP contribution in [0.4, 0.5) is 0 Å². The van der Waals surface area contributed by atoms with Crippen molar-refractivity contribution in [2.24, 2.45) is 4.99 Å². The van der Waals surface area contributed by atoms with Gasteiger partial charge in [-0.15, -0.1) is 24.0 Å². The summed E-state index contributed by atoms with van der Waals surface area (Å²) in [4.78, 5) is 4.66. The average Bonchev–Trinajstić information content (AvgIpc) is 3.26. The lowest BCUT2D eigenvalue weighted by Crippen LogP contribution is -2.39. The first-order chi connectivity index (χ1) is 13.8. The highest BCUT2D eigenvalue weighted by Crippen LogP contribution is 2.10. The highest BCUT2D eigenvalue weighted by atomic mass is 127. The molecule has 0 aliphatic carbocycles. The number of unbranched alkanes of at least 4 members (excludes halogenated alkanes) is 1. The Labute approximate surface area is 191 Å². The van der Waals surface area contributed by atoms with E-state index in [0.717, 1.165) is 43.2 Å². The van der Waals surface area contributed by atoms with Crippen LogP contribution in [0.1, 0.15) is 32.3 Å². The number of aliphatic imine (C=N–C) groups is 1. The van der Waals surface area contributed by atoms with E-state index in [2.05, 4.69) is 46.7 Å². The molecule has 0 spiro atoms. The van der Waals surface area contributed by atoms with Gasteiger partial charge in [0.15, 0.2) is 5.96 Å². The van der Waals surface area contributed by atoms with Gasteiger partial charge in [0.05, 0.1) is 32.1 Å². The number of nitrogens with one attached hydrogen (secondary N) is 2. The molecule has 0 fully saturated rings. The maximum absolute atomic E-state index is 5.58. The first kappa shape index (κ1) is 25.4. The van der Waals surface area contributed by atoms with Crippen LogP contribution in [0.2, 0.25) is 0 Å². The molecule has 2 rings (SSSR count). The van der Waals surface area contributed by atoms with Crippen LogP contribution in [0.5, 0.6) is 0 Å². The van der Waals surface area contributed by atoms with Crippen LogP contribution >= 0.6 is 24.0 Å². The normalized spacial score (nSPS) is 11.2. The van der Waals surface area contributed by atoms with Gasteiger partial charge in [0.25, 0.3) is 0 Å². The molecule has 1 aromatic carbocycles. The van der Waals surface area contributed by atoms with E-state index in [-0.39, 0.29) is 24.0 Å². The van der Waals surface area contributed by atoms with Crippen LogP contribution in [0.15, 0.2) is 47.7 Å². The van der Waals surface area contributed by atoms with Crippen LogP contribution in [0.25, 0.3) is 5.69 Å². The van der Waals surface area contributed by atoms with Gasteiger partial charge in [-0.3, -0.25) is 0 Å². The van der Waals surface area contributed by atoms with E-state index >= 15 is 0 Å². The van der Waals surface area contributed by atoms with Crippen LogP contribution in [0.3, 0.4) is 0 Å². The number of nitrogens with zero attached hydrogens (tertiary/aromatic N) is 3. The van der Waals surface area contributed by atoms with E-state index in [1.807, 2.05) is 29.1 Å². The third-order valence-electron chi connectivity index (χ3n) is 4.00. The standard InChI is InChI=1S/C21H33N5O2.HI/c1-3-5-13-27-15-16-28-14-11-23-21(22-4-2)24-18-19-8-6-9-20(17-19)26-12-7-10-25-26;/h6-10,12,17H,3-5,11,13-16,18H2,1-2H3,(H2,22,23,24);1H. The minimum atomic E-state index is 0. The summed E-state index contributed by atoms with van der Waals surface area (Å²) in [5, 5.41) is 10.8. The summed E-state index contributed by atoms with van der Waals surface area (Å²) in [5.41, 5.74) is 2.16. The molecule has 0 aliphatic heterocycles. The maximum atomic E-state index is 5.58. The van der Waals surface area contributed by atoms with Crippen molar-refractivity contribution in [1.82, 2.24) is 20.4 Å². The lowest BCUT2D eigenvalue weighted by atomic mass is 10.2. The molecule has 1 heterocycles. The topological polar surface area (TPSA) is 72.7 Å². The zero-order valence-corrected chi connectivity index (χ0v) is 19.8. The second-order valence-electron chi connectivity index (χ2n) is 6.32. The SMILES string of the molecule is CCCCOCCOCCNC(=NCc1cccc(-n2cccn2)c1)NCC.I. The van der Waals surface area contributed by atoms with Crippen molar-refractivity contribution in [3.63, 3.8) is 0 Å². The molecule has 29 heavy (non-hydrogen) atoms. The number of ether oxygens (including phenoxy) is 2. The molecule has 0 radical (unpaired) electrons. The summed E-state index contributed by atoms with van der Waals surface area (Å²) < 4.78 is 12.9. The van der Waals surface area contributed by atoms with Crippen molar-refractivity contribution >= 4 is 29.9 Å². The van der Waals surface area contributed by atoms with Gasteiger partial charge in [-0.25, -0.2) is 9.67 Å². The fraction of sp³-hybridized carbons (Fsp3) is 0.524. The number of aromatic nitrogens is 2. The van der Waals surface area contributed by atoms with Gasteiger partial charge in [-0.1, -0.05) is 25.5 Å². The van der Waals surface area contributed by atoms with Gasteiger partial charge in [0.2, 0.25) is 0 Å². The van der Waals surface area contributed by atoms with E-state index in [1.54, 1.807) is 6.20 Å². The molecule has 0 saturated carbocycles. The van der Waals surface area contributed by atoms with Crippen LogP contribution in [-0.4, -0.2) is 55.3 Å². The first-order valence-electron chi connectivity index (χ1n) is 10.1. The van der Waals surface area contributed by atoms with E-state index in [4.69, 9.17) is 9.47 Å². The predicted octanol–water partition coefficient (Wildman–Crippen LogP) is 3.38. The number of benzene rings is 1. The Balaban J connectivity index is 0.00000420. The molecule has 1 aromatic heterocycles. The molecule has 8 heteroatoms. The van der Waals surface area contributed by atoms with Gasteiger partial charge in [-0.05, 0) is 37.1 Å². The summed E-state index contributed by atoms with van der Waals surface area (Å²) in [6.07, 6.45) is 5.97. The van der Waals surface area contributed by atoms with Gasteiger partial charge in [-0.2, -0.15) is 5.10 Å². The van der Waals surface area contributed by atoms with Crippen molar-refractivity contribution in [3.05, 3.63) is 48.3 Å². The fourth-order valence-corrected chi connectivity index (χ4v) is 2.54. The smallest absolute Gasteiger partial charge is 0.191 e. The quantitative estimate of drug-likeness (QED) is 0.185. The van der Waals surface area contributed by atoms with Crippen molar-refractivity contribution in [3.8, 4) is 5.69 Å². The zero-order valence-electron chi connectivity index (χ0n) is 17.5. The third kappa shape index (κ3) is 10.6. The molecule has 2 N–H and O–H groups in total. The monoisotopic (exact) mass is 515 g/mol. The van der Waals surface area contributed by atoms with Crippen LogP contribution in [0, 0.1) is 0 Å². The maximum Gasteiger partial charge on any atom is 0.191 e. The minimum Gasteiger partial charge on any atom is -0.379 e. The van der Waals surface area contributed by atoms with Gasteiger partial charge < -0.3 is 20.1 Å². The molecule has 0 aliphatic rings. The van der Waals surface area contributed by atoms with E-state index < -0.39 is 0 Å². The second-order valence-corrected chi connectivity index (χ2v) is 6.32. The average molecular weight is 515 g/mol. The predicted molar refractivity (Wildman–Crippen MR) is 128 cm³/mol. The Morgan fingerprint density at radius 2 is 1.90 bits per heavy atom. The molecule has 2 aromatic rings. The number of halogens is 1. The van der Waals surface area contributed by atoms with Gasteiger partial charge in [0, 0.05) is 32.1 Å². The van der Waals surface area contributed by atoms with E-state index in [0.29, 0.717) is 32.9 Å². The molecule has 162 valence electrons. The Morgan fingerprint density at radius 3 is 2.62 bits per heavy atom. The van der Waals surface area contributed by atoms with Crippen LogP contribution in [-0.2, 0) is 16.0 Å². The molecular formula is C21H34IN5O2. The Morgan fingerprint density at radius 1 is 1.07 bits per heavy atom. The highest BCUT2D eigenvalue weighted by molar-refractivity contribution is 14.0. The molecular weight excluding hydrogens is 481 g/mol. The Kier molecular flexibility index (Phi) is 14.2. The molecule has 0 unspecified atom stereocenters. The van der Waals surface area contributed by atoms with Gasteiger partial charge >= 0.3 is 0 Å². The first-order valence-corrected chi connectivity index (χ1v) is 10.1. The minimum absolute atomic E-state index is 0. The largest absolute Gasteiger partial charge is 0.379 e. The molecule has 0 amide bonds. The van der Waals surface area contributed by atoms with Gasteiger partial charge in [0.1, 0.15) is 0 Å². The molecule has 7 nitrogen and oxygen atoms in total. The number of rotatable bonds is 13. The van der Waals surface area contributed by atoms with Crippen LogP contribution < -0.4 is 10.6 Å². The third-order valence-corrected chi connectivity index (χ3v) is 4.00. The van der Waals surface area contributed by atoms with Crippen molar-refractivity contribution in [2.75, 3.05) is 39.5 Å². The zero-order chi connectivity index (χ0) is 19.9. The highest BCUT2D eigenvalue weighted by Gasteiger charge is 2.00. The summed E-state index contributed by atoms with van der Waals surface area (Å²) >= 11 is 0. The second kappa shape index (κ2) is 16.2. The number of hydrogen-bond donors (Lipinski definition) is 2. The number of guanidine groups is 1. The lowest BCUT2D eigenvalue weighted by Gasteiger charge is -2.12. The summed E-state index contributed by atoms with van der Waals surface area (Å²) in [5.74, 6) is 0.787. The van der Waals surface area contributed by atoms with Crippen molar-refractivity contribution in [1.29, 1.82) is 0 Å². The Bertz CT molecular complexity index is 679. The van der Waals surface area contributed by atoms with Crippen molar-refractivity contribution < 1.29 is 9.47 Å². The summed E-state index contributed by atoms with van der Waals surface area (Å²) in [6.45, 7) is 9.04. The molecule has 0 atom stereocenters. The van der Waals surface area contributed by atoms with Crippen molar-refractivity contribution in [2.45, 2.75) is 33.2 Å². The fourth-order valence-electron chi connectivity index (χ4n) is 2.54. The lowest BCUT2D eigenvalue weighted by molar-refractivity contribution is 0.0487. The molecule has 0 saturated heterocycles. The van der Waals surface area contributed by atoms with E-state index in [1.165, 1.54) is 0 Å². The number of hydrogen-bond acceptors (Lipinski definition) is 4. The summed E-state index contributed by atoms with van der Waals surface area (Å²) in [6, 6.07) is 10.1. The summed E-state index contributed by atoms with van der Waals surface area (Å²) in [7, 11) is 0. The van der Waals surface area contributed by atoms with E-state index in [9.17, 15) is 0 Å².